The van der Waals surface area contributed by atoms with Gasteiger partial charge in [0.25, 0.3) is 0 Å². The number of halogens is 2. The Balaban J connectivity index is 0. The standard InChI is InChI=1S/C4H11FN2.ClH/c1-4(5,2-6)3-7;/h2-3,6-7H2,1H3;1H. The van der Waals surface area contributed by atoms with Gasteiger partial charge in [-0.1, -0.05) is 0 Å². The highest BCUT2D eigenvalue weighted by molar-refractivity contribution is 5.85. The van der Waals surface area contributed by atoms with E-state index in [2.05, 4.69) is 0 Å². The van der Waals surface area contributed by atoms with Crippen LogP contribution in [0.4, 0.5) is 4.39 Å². The second kappa shape index (κ2) is 4.06. The monoisotopic (exact) mass is 142 g/mol. The summed E-state index contributed by atoms with van der Waals surface area (Å²) < 4.78 is 12.3. The molecule has 0 amide bonds. The molecular formula is C4H12ClFN2. The zero-order valence-electron chi connectivity index (χ0n) is 4.86. The smallest absolute Gasteiger partial charge is 0.132 e. The molecule has 0 aliphatic carbocycles. The van der Waals surface area contributed by atoms with E-state index in [1.165, 1.54) is 6.92 Å². The van der Waals surface area contributed by atoms with E-state index < -0.39 is 5.67 Å². The third-order valence-corrected chi connectivity index (χ3v) is 0.851. The van der Waals surface area contributed by atoms with Crippen LogP contribution in [-0.4, -0.2) is 18.8 Å². The predicted octanol–water partition coefficient (Wildman–Crippen LogP) is 0.0538. The Morgan fingerprint density at radius 3 is 1.62 bits per heavy atom. The van der Waals surface area contributed by atoms with Gasteiger partial charge in [-0.3, -0.25) is 0 Å². The zero-order valence-corrected chi connectivity index (χ0v) is 5.67. The molecule has 0 heterocycles. The van der Waals surface area contributed by atoms with Gasteiger partial charge in [0.05, 0.1) is 0 Å². The second-order valence-corrected chi connectivity index (χ2v) is 1.82. The quantitative estimate of drug-likeness (QED) is 0.573. The second-order valence-electron chi connectivity index (χ2n) is 1.82. The van der Waals surface area contributed by atoms with E-state index in [4.69, 9.17) is 11.5 Å². The number of hydrogen-bond acceptors (Lipinski definition) is 2. The first-order chi connectivity index (χ1) is 3.12. The summed E-state index contributed by atoms with van der Waals surface area (Å²) >= 11 is 0. The lowest BCUT2D eigenvalue weighted by molar-refractivity contribution is 0.211. The summed E-state index contributed by atoms with van der Waals surface area (Å²) in [7, 11) is 0. The SMILES string of the molecule is CC(F)(CN)CN.Cl. The Labute approximate surface area is 54.8 Å². The highest BCUT2D eigenvalue weighted by atomic mass is 35.5. The molecule has 0 atom stereocenters. The molecule has 0 aliphatic heterocycles. The first kappa shape index (κ1) is 11.0. The van der Waals surface area contributed by atoms with Crippen LogP contribution < -0.4 is 11.5 Å². The molecule has 0 aliphatic rings. The van der Waals surface area contributed by atoms with Gasteiger partial charge >= 0.3 is 0 Å². The van der Waals surface area contributed by atoms with Crippen molar-refractivity contribution < 1.29 is 4.39 Å². The molecule has 0 saturated heterocycles. The van der Waals surface area contributed by atoms with E-state index in [1.807, 2.05) is 0 Å². The molecule has 0 spiro atoms. The molecule has 0 aromatic heterocycles. The van der Waals surface area contributed by atoms with Crippen molar-refractivity contribution in [1.82, 2.24) is 0 Å². The maximum absolute atomic E-state index is 12.3. The lowest BCUT2D eigenvalue weighted by atomic mass is 10.1. The summed E-state index contributed by atoms with van der Waals surface area (Å²) in [6.07, 6.45) is 0. The van der Waals surface area contributed by atoms with Crippen molar-refractivity contribution in [3.8, 4) is 0 Å². The van der Waals surface area contributed by atoms with Crippen LogP contribution in [0, 0.1) is 0 Å². The van der Waals surface area contributed by atoms with E-state index in [9.17, 15) is 4.39 Å². The maximum Gasteiger partial charge on any atom is 0.132 e. The molecule has 4 heteroatoms. The van der Waals surface area contributed by atoms with Crippen molar-refractivity contribution in [2.75, 3.05) is 13.1 Å². The fraction of sp³-hybridized carbons (Fsp3) is 1.00. The average Bonchev–Trinajstić information content (AvgIpc) is 1.68. The Hall–Kier alpha value is 0.140. The van der Waals surface area contributed by atoms with Gasteiger partial charge in [-0.15, -0.1) is 12.4 Å². The minimum atomic E-state index is -1.36. The molecule has 0 saturated carbocycles. The van der Waals surface area contributed by atoms with Gasteiger partial charge in [0.1, 0.15) is 5.67 Å². The Bertz CT molecular complexity index is 52.0. The predicted molar refractivity (Wildman–Crippen MR) is 34.9 cm³/mol. The van der Waals surface area contributed by atoms with Gasteiger partial charge in [0.15, 0.2) is 0 Å². The van der Waals surface area contributed by atoms with Crippen molar-refractivity contribution in [1.29, 1.82) is 0 Å². The summed E-state index contributed by atoms with van der Waals surface area (Å²) in [6, 6.07) is 0. The van der Waals surface area contributed by atoms with Crippen molar-refractivity contribution in [3.05, 3.63) is 0 Å². The number of hydrogen-bond donors (Lipinski definition) is 2. The third kappa shape index (κ3) is 4.30. The van der Waals surface area contributed by atoms with Crippen molar-refractivity contribution in [2.24, 2.45) is 11.5 Å². The lowest BCUT2D eigenvalue weighted by Gasteiger charge is -2.13. The van der Waals surface area contributed by atoms with E-state index in [0.717, 1.165) is 0 Å². The van der Waals surface area contributed by atoms with E-state index in [0.29, 0.717) is 0 Å². The summed E-state index contributed by atoms with van der Waals surface area (Å²) in [4.78, 5) is 0. The zero-order chi connectivity index (χ0) is 5.91. The van der Waals surface area contributed by atoms with Crippen LogP contribution in [0.1, 0.15) is 6.92 Å². The van der Waals surface area contributed by atoms with Crippen LogP contribution in [0.5, 0.6) is 0 Å². The molecule has 0 fully saturated rings. The summed E-state index contributed by atoms with van der Waals surface area (Å²) in [6.45, 7) is 1.39. The van der Waals surface area contributed by atoms with Crippen molar-refractivity contribution in [3.63, 3.8) is 0 Å². The Morgan fingerprint density at radius 1 is 1.38 bits per heavy atom. The molecule has 52 valence electrons. The van der Waals surface area contributed by atoms with Gasteiger partial charge in [0, 0.05) is 13.1 Å². The largest absolute Gasteiger partial charge is 0.327 e. The minimum absolute atomic E-state index is 0. The molecule has 0 aromatic rings. The molecule has 0 radical (unpaired) electrons. The Kier molecular flexibility index (Phi) is 5.59. The molecular weight excluding hydrogens is 131 g/mol. The first-order valence-corrected chi connectivity index (χ1v) is 2.21. The highest BCUT2D eigenvalue weighted by Gasteiger charge is 2.16. The molecule has 4 N–H and O–H groups in total. The lowest BCUT2D eigenvalue weighted by Crippen LogP contribution is -2.37. The van der Waals surface area contributed by atoms with Crippen LogP contribution in [-0.2, 0) is 0 Å². The van der Waals surface area contributed by atoms with Crippen LogP contribution in [0.15, 0.2) is 0 Å². The minimum Gasteiger partial charge on any atom is -0.327 e. The van der Waals surface area contributed by atoms with Crippen LogP contribution >= 0.6 is 12.4 Å². The topological polar surface area (TPSA) is 52.0 Å². The van der Waals surface area contributed by atoms with Crippen LogP contribution in [0.3, 0.4) is 0 Å². The van der Waals surface area contributed by atoms with Gasteiger partial charge in [-0.2, -0.15) is 0 Å². The van der Waals surface area contributed by atoms with E-state index >= 15 is 0 Å². The fourth-order valence-electron chi connectivity index (χ4n) is 0.0833. The molecule has 0 bridgehead atoms. The molecule has 0 aromatic carbocycles. The van der Waals surface area contributed by atoms with E-state index in [-0.39, 0.29) is 25.5 Å². The molecule has 8 heavy (non-hydrogen) atoms. The maximum atomic E-state index is 12.3. The average molecular weight is 143 g/mol. The van der Waals surface area contributed by atoms with Crippen molar-refractivity contribution in [2.45, 2.75) is 12.6 Å². The van der Waals surface area contributed by atoms with Crippen LogP contribution in [0.2, 0.25) is 0 Å². The summed E-state index contributed by atoms with van der Waals surface area (Å²) in [5.74, 6) is 0. The number of nitrogens with two attached hydrogens (primary N) is 2. The number of alkyl halides is 1. The van der Waals surface area contributed by atoms with E-state index in [1.54, 1.807) is 0 Å². The van der Waals surface area contributed by atoms with Gasteiger partial charge in [-0.25, -0.2) is 4.39 Å². The van der Waals surface area contributed by atoms with Crippen LogP contribution in [0.25, 0.3) is 0 Å². The normalized spacial score (nSPS) is 10.5. The first-order valence-electron chi connectivity index (χ1n) is 2.21. The van der Waals surface area contributed by atoms with Gasteiger partial charge < -0.3 is 11.5 Å². The Morgan fingerprint density at radius 2 is 1.62 bits per heavy atom. The highest BCUT2D eigenvalue weighted by Crippen LogP contribution is 2.02. The molecule has 2 nitrogen and oxygen atoms in total. The van der Waals surface area contributed by atoms with Crippen molar-refractivity contribution >= 4 is 12.4 Å². The summed E-state index contributed by atoms with van der Waals surface area (Å²) in [5.41, 5.74) is 8.56. The molecule has 0 rings (SSSR count). The summed E-state index contributed by atoms with van der Waals surface area (Å²) in [5, 5.41) is 0. The third-order valence-electron chi connectivity index (χ3n) is 0.851. The number of rotatable bonds is 2. The van der Waals surface area contributed by atoms with Gasteiger partial charge in [-0.05, 0) is 6.92 Å². The fourth-order valence-corrected chi connectivity index (χ4v) is 0.0833. The molecule has 0 unspecified atom stereocenters. The van der Waals surface area contributed by atoms with Gasteiger partial charge in [0.2, 0.25) is 0 Å².